The zero-order valence-corrected chi connectivity index (χ0v) is 18.5. The van der Waals surface area contributed by atoms with E-state index in [1.54, 1.807) is 31.5 Å². The molecule has 33 heavy (non-hydrogen) atoms. The summed E-state index contributed by atoms with van der Waals surface area (Å²) in [7, 11) is 1.56. The van der Waals surface area contributed by atoms with Crippen LogP contribution in [0.1, 0.15) is 42.2 Å². The lowest BCUT2D eigenvalue weighted by atomic mass is 10.1. The number of nitrogens with zero attached hydrogens (tertiary/aromatic N) is 2. The molecular formula is C25H23N3O5. The Hall–Kier alpha value is -4.04. The Labute approximate surface area is 191 Å². The van der Waals surface area contributed by atoms with Gasteiger partial charge in [-0.2, -0.15) is 0 Å². The molecular weight excluding hydrogens is 422 g/mol. The minimum atomic E-state index is -0.455. The largest absolute Gasteiger partial charge is 0.474 e. The van der Waals surface area contributed by atoms with Crippen molar-refractivity contribution >= 4 is 29.1 Å². The highest BCUT2D eigenvalue weighted by molar-refractivity contribution is 6.35. The zero-order chi connectivity index (χ0) is 23.5. The smallest absolute Gasteiger partial charge is 0.266 e. The molecule has 0 spiro atoms. The first kappa shape index (κ1) is 22.2. The van der Waals surface area contributed by atoms with Gasteiger partial charge in [-0.3, -0.25) is 14.4 Å². The number of pyridine rings is 1. The van der Waals surface area contributed by atoms with E-state index < -0.39 is 17.7 Å². The number of carbonyl (C=O) groups is 3. The molecule has 3 amide bonds. The van der Waals surface area contributed by atoms with Crippen LogP contribution in [0.4, 0.5) is 11.4 Å². The first-order valence-corrected chi connectivity index (χ1v) is 10.4. The molecule has 0 unspecified atom stereocenters. The normalized spacial score (nSPS) is 12.6. The maximum absolute atomic E-state index is 13.1. The number of carbonyl (C=O) groups excluding carboxylic acids is 3. The van der Waals surface area contributed by atoms with Gasteiger partial charge in [0.2, 0.25) is 5.88 Å². The lowest BCUT2D eigenvalue weighted by Gasteiger charge is -2.17. The van der Waals surface area contributed by atoms with Gasteiger partial charge in [0.15, 0.2) is 0 Å². The summed E-state index contributed by atoms with van der Waals surface area (Å²) in [6.45, 7) is 4.40. The van der Waals surface area contributed by atoms with Crippen LogP contribution in [0, 0.1) is 13.8 Å². The number of methoxy groups -OCH3 is 1. The monoisotopic (exact) mass is 445 g/mol. The van der Waals surface area contributed by atoms with Gasteiger partial charge >= 0.3 is 0 Å². The quantitative estimate of drug-likeness (QED) is 0.439. The average molecular weight is 445 g/mol. The van der Waals surface area contributed by atoms with Crippen LogP contribution in [0.25, 0.3) is 0 Å². The summed E-state index contributed by atoms with van der Waals surface area (Å²) >= 11 is 0. The Balaban J connectivity index is 1.59. The molecule has 168 valence electrons. The maximum Gasteiger partial charge on any atom is 0.266 e. The van der Waals surface area contributed by atoms with Gasteiger partial charge in [-0.05, 0) is 61.4 Å². The van der Waals surface area contributed by atoms with Crippen molar-refractivity contribution in [2.75, 3.05) is 30.5 Å². The number of fused-ring (bicyclic) bond motifs is 1. The van der Waals surface area contributed by atoms with Gasteiger partial charge in [-0.15, -0.1) is 0 Å². The molecule has 1 aliphatic rings. The lowest BCUT2D eigenvalue weighted by molar-refractivity contribution is 0.0925. The van der Waals surface area contributed by atoms with Crippen molar-refractivity contribution in [2.24, 2.45) is 0 Å². The summed E-state index contributed by atoms with van der Waals surface area (Å²) in [6.07, 6.45) is 1.55. The van der Waals surface area contributed by atoms with Gasteiger partial charge in [0.05, 0.1) is 23.4 Å². The van der Waals surface area contributed by atoms with E-state index in [4.69, 9.17) is 9.47 Å². The molecule has 0 bridgehead atoms. The fraction of sp³-hybridized carbons (Fsp3) is 0.200. The highest BCUT2D eigenvalue weighted by Gasteiger charge is 2.37. The summed E-state index contributed by atoms with van der Waals surface area (Å²) in [6, 6.07) is 13.4. The zero-order valence-electron chi connectivity index (χ0n) is 18.5. The number of nitrogens with one attached hydrogen (secondary N) is 1. The second-order valence-corrected chi connectivity index (χ2v) is 7.65. The number of benzene rings is 2. The van der Waals surface area contributed by atoms with Gasteiger partial charge < -0.3 is 14.8 Å². The van der Waals surface area contributed by atoms with Crippen LogP contribution in [0.2, 0.25) is 0 Å². The topological polar surface area (TPSA) is 97.8 Å². The van der Waals surface area contributed by atoms with Crippen LogP contribution in [0.5, 0.6) is 5.88 Å². The van der Waals surface area contributed by atoms with Crippen molar-refractivity contribution in [3.8, 4) is 5.88 Å². The Morgan fingerprint density at radius 1 is 1.00 bits per heavy atom. The number of hydrogen-bond donors (Lipinski definition) is 1. The first-order valence-electron chi connectivity index (χ1n) is 10.4. The van der Waals surface area contributed by atoms with E-state index in [9.17, 15) is 14.4 Å². The van der Waals surface area contributed by atoms with E-state index >= 15 is 0 Å². The molecule has 3 aromatic rings. The van der Waals surface area contributed by atoms with Crippen LogP contribution in [-0.4, -0.2) is 43.0 Å². The number of amides is 3. The average Bonchev–Trinajstić information content (AvgIpc) is 3.06. The number of hydrogen-bond acceptors (Lipinski definition) is 6. The van der Waals surface area contributed by atoms with Gasteiger partial charge in [-0.1, -0.05) is 12.1 Å². The van der Waals surface area contributed by atoms with Gasteiger partial charge in [0.1, 0.15) is 12.3 Å². The molecule has 0 saturated carbocycles. The summed E-state index contributed by atoms with van der Waals surface area (Å²) < 4.78 is 10.5. The molecule has 2 heterocycles. The van der Waals surface area contributed by atoms with Crippen molar-refractivity contribution in [2.45, 2.75) is 13.8 Å². The maximum atomic E-state index is 13.1. The number of anilines is 2. The van der Waals surface area contributed by atoms with Crippen molar-refractivity contribution < 1.29 is 23.9 Å². The Morgan fingerprint density at radius 2 is 1.79 bits per heavy atom. The number of aryl methyl sites for hydroxylation is 2. The highest BCUT2D eigenvalue weighted by Crippen LogP contribution is 2.32. The minimum Gasteiger partial charge on any atom is -0.474 e. The molecule has 4 rings (SSSR count). The summed E-state index contributed by atoms with van der Waals surface area (Å²) in [5.41, 5.74) is 3.37. The molecule has 8 heteroatoms. The number of ether oxygens (including phenoxy) is 2. The fourth-order valence-electron chi connectivity index (χ4n) is 3.58. The molecule has 1 aliphatic heterocycles. The van der Waals surface area contributed by atoms with Crippen LogP contribution in [-0.2, 0) is 4.74 Å². The number of aromatic nitrogens is 1. The molecule has 1 N–H and O–H groups in total. The summed E-state index contributed by atoms with van der Waals surface area (Å²) in [4.78, 5) is 44.3. The molecule has 1 aromatic heterocycles. The molecule has 0 aliphatic carbocycles. The Kier molecular flexibility index (Phi) is 6.19. The predicted octanol–water partition coefficient (Wildman–Crippen LogP) is 3.78. The first-order chi connectivity index (χ1) is 15.9. The highest BCUT2D eigenvalue weighted by atomic mass is 16.5. The second-order valence-electron chi connectivity index (χ2n) is 7.65. The van der Waals surface area contributed by atoms with E-state index in [-0.39, 0.29) is 29.2 Å². The van der Waals surface area contributed by atoms with E-state index in [1.165, 1.54) is 18.2 Å². The van der Waals surface area contributed by atoms with Crippen LogP contribution >= 0.6 is 0 Å². The minimum absolute atomic E-state index is 0.191. The van der Waals surface area contributed by atoms with Gasteiger partial charge in [0, 0.05) is 18.9 Å². The third kappa shape index (κ3) is 4.33. The molecule has 2 aromatic carbocycles. The number of rotatable bonds is 7. The SMILES string of the molecule is COCCOc1ncccc1NC(=O)c1ccc2c(c1)C(=O)N(c1cc(C)ccc1C)C2=O. The van der Waals surface area contributed by atoms with Gasteiger partial charge in [0.25, 0.3) is 17.7 Å². The van der Waals surface area contributed by atoms with Crippen LogP contribution in [0.15, 0.2) is 54.7 Å². The van der Waals surface area contributed by atoms with E-state index in [1.807, 2.05) is 26.0 Å². The molecule has 0 saturated heterocycles. The molecule has 0 atom stereocenters. The van der Waals surface area contributed by atoms with Crippen LogP contribution < -0.4 is 15.0 Å². The third-order valence-electron chi connectivity index (χ3n) is 5.30. The van der Waals surface area contributed by atoms with Crippen molar-refractivity contribution in [3.63, 3.8) is 0 Å². The third-order valence-corrected chi connectivity index (χ3v) is 5.30. The molecule has 0 radical (unpaired) electrons. The Morgan fingerprint density at radius 3 is 2.58 bits per heavy atom. The van der Waals surface area contributed by atoms with Crippen molar-refractivity contribution in [3.05, 3.63) is 82.5 Å². The summed E-state index contributed by atoms with van der Waals surface area (Å²) in [5, 5.41) is 2.75. The predicted molar refractivity (Wildman–Crippen MR) is 123 cm³/mol. The van der Waals surface area contributed by atoms with Crippen molar-refractivity contribution in [1.82, 2.24) is 4.98 Å². The van der Waals surface area contributed by atoms with Crippen molar-refractivity contribution in [1.29, 1.82) is 0 Å². The van der Waals surface area contributed by atoms with E-state index in [0.29, 0.717) is 18.0 Å². The van der Waals surface area contributed by atoms with Gasteiger partial charge in [-0.25, -0.2) is 9.88 Å². The fourth-order valence-corrected chi connectivity index (χ4v) is 3.58. The lowest BCUT2D eigenvalue weighted by Crippen LogP contribution is -2.30. The number of imide groups is 1. The summed E-state index contributed by atoms with van der Waals surface area (Å²) in [5.74, 6) is -1.05. The Bertz CT molecular complexity index is 1250. The second kappa shape index (κ2) is 9.22. The van der Waals surface area contributed by atoms with E-state index in [0.717, 1.165) is 16.0 Å². The molecule has 8 nitrogen and oxygen atoms in total. The van der Waals surface area contributed by atoms with Crippen LogP contribution in [0.3, 0.4) is 0 Å². The standard InChI is InChI=1S/C25H23N3O5/c1-15-6-7-16(2)21(13-15)28-24(30)18-9-8-17(14-19(18)25(28)31)22(29)27-20-5-4-10-26-23(20)33-12-11-32-3/h4-10,13-14H,11-12H2,1-3H3,(H,27,29). The molecule has 0 fully saturated rings. The van der Waals surface area contributed by atoms with E-state index in [2.05, 4.69) is 10.3 Å².